The lowest BCUT2D eigenvalue weighted by atomic mass is 10.1. The Kier molecular flexibility index (Phi) is 4.62. The van der Waals surface area contributed by atoms with E-state index in [1.807, 2.05) is 12.4 Å². The summed E-state index contributed by atoms with van der Waals surface area (Å²) in [6.07, 6.45) is 6.68. The molecule has 0 unspecified atom stereocenters. The molecule has 0 aliphatic carbocycles. The molecule has 7 heteroatoms. The first-order valence-corrected chi connectivity index (χ1v) is 7.72. The number of rotatable bonds is 5. The van der Waals surface area contributed by atoms with E-state index in [0.717, 1.165) is 50.3 Å². The van der Waals surface area contributed by atoms with Crippen LogP contribution in [0.15, 0.2) is 16.9 Å². The highest BCUT2D eigenvalue weighted by Crippen LogP contribution is 2.17. The first kappa shape index (κ1) is 14.9. The molecule has 1 fully saturated rings. The number of hydrogen-bond donors (Lipinski definition) is 0. The van der Waals surface area contributed by atoms with E-state index in [0.29, 0.717) is 11.9 Å². The molecule has 3 rings (SSSR count). The van der Waals surface area contributed by atoms with Crippen LogP contribution in [0.1, 0.15) is 37.0 Å². The van der Waals surface area contributed by atoms with Crippen LogP contribution in [0.25, 0.3) is 0 Å². The molecule has 0 radical (unpaired) electrons. The van der Waals surface area contributed by atoms with Crippen molar-refractivity contribution in [1.82, 2.24) is 25.0 Å². The maximum atomic E-state index is 5.86. The Morgan fingerprint density at radius 2 is 2.00 bits per heavy atom. The van der Waals surface area contributed by atoms with E-state index in [1.165, 1.54) is 0 Å². The normalized spacial score (nSPS) is 16.8. The van der Waals surface area contributed by atoms with Crippen molar-refractivity contribution in [3.05, 3.63) is 29.7 Å². The van der Waals surface area contributed by atoms with E-state index in [-0.39, 0.29) is 6.10 Å². The van der Waals surface area contributed by atoms with Gasteiger partial charge in [-0.3, -0.25) is 4.90 Å². The number of piperidine rings is 1. The number of nitrogens with zero attached hydrogens (tertiary/aromatic N) is 5. The largest absolute Gasteiger partial charge is 0.460 e. The molecule has 0 atom stereocenters. The Hall–Kier alpha value is -2.02. The monoisotopic (exact) mass is 303 g/mol. The molecule has 0 N–H and O–H groups in total. The molecule has 0 aromatic carbocycles. The maximum Gasteiger partial charge on any atom is 0.316 e. The van der Waals surface area contributed by atoms with Gasteiger partial charge in [-0.15, -0.1) is 0 Å². The van der Waals surface area contributed by atoms with Gasteiger partial charge in [0.05, 0.1) is 6.54 Å². The van der Waals surface area contributed by atoms with Gasteiger partial charge < -0.3 is 9.26 Å². The van der Waals surface area contributed by atoms with Gasteiger partial charge in [0, 0.05) is 32.4 Å². The number of hydrogen-bond acceptors (Lipinski definition) is 7. The van der Waals surface area contributed by atoms with Crippen molar-refractivity contribution < 1.29 is 9.26 Å². The molecule has 0 spiro atoms. The topological polar surface area (TPSA) is 77.2 Å². The average Bonchev–Trinajstić information content (AvgIpc) is 2.95. The molecule has 7 nitrogen and oxygen atoms in total. The summed E-state index contributed by atoms with van der Waals surface area (Å²) in [6.45, 7) is 6.52. The lowest BCUT2D eigenvalue weighted by Gasteiger charge is -2.30. The number of aromatic nitrogens is 4. The summed E-state index contributed by atoms with van der Waals surface area (Å²) in [5, 5.41) is 3.93. The molecule has 3 heterocycles. The van der Waals surface area contributed by atoms with Crippen molar-refractivity contribution in [3.8, 4) is 6.01 Å². The third-order valence-electron chi connectivity index (χ3n) is 3.83. The van der Waals surface area contributed by atoms with Gasteiger partial charge in [0.1, 0.15) is 6.10 Å². The van der Waals surface area contributed by atoms with Crippen LogP contribution in [0.3, 0.4) is 0 Å². The van der Waals surface area contributed by atoms with Crippen LogP contribution in [0.5, 0.6) is 6.01 Å². The lowest BCUT2D eigenvalue weighted by molar-refractivity contribution is 0.0875. The van der Waals surface area contributed by atoms with Crippen molar-refractivity contribution in [3.63, 3.8) is 0 Å². The van der Waals surface area contributed by atoms with E-state index in [2.05, 4.69) is 31.9 Å². The minimum atomic E-state index is 0.177. The number of likely N-dealkylation sites (tertiary alicyclic amines) is 1. The van der Waals surface area contributed by atoms with Gasteiger partial charge >= 0.3 is 6.01 Å². The molecular weight excluding hydrogens is 282 g/mol. The molecule has 0 saturated carbocycles. The van der Waals surface area contributed by atoms with Gasteiger partial charge in [0.15, 0.2) is 5.82 Å². The summed E-state index contributed by atoms with van der Waals surface area (Å²) in [6, 6.07) is 0.476. The first-order valence-electron chi connectivity index (χ1n) is 7.72. The highest BCUT2D eigenvalue weighted by Gasteiger charge is 2.22. The fraction of sp³-hybridized carbons (Fsp3) is 0.600. The molecule has 0 bridgehead atoms. The summed E-state index contributed by atoms with van der Waals surface area (Å²) in [5.41, 5.74) is 1.12. The quantitative estimate of drug-likeness (QED) is 0.833. The van der Waals surface area contributed by atoms with Crippen molar-refractivity contribution >= 4 is 0 Å². The van der Waals surface area contributed by atoms with E-state index >= 15 is 0 Å². The average molecular weight is 303 g/mol. The molecular formula is C15H21N5O2. The van der Waals surface area contributed by atoms with Gasteiger partial charge in [-0.2, -0.15) is 4.98 Å². The second-order valence-electron chi connectivity index (χ2n) is 5.55. The molecule has 2 aromatic heterocycles. The number of aryl methyl sites for hydroxylation is 2. The molecule has 118 valence electrons. The first-order chi connectivity index (χ1) is 10.7. The third kappa shape index (κ3) is 3.79. The summed E-state index contributed by atoms with van der Waals surface area (Å²) in [4.78, 5) is 15.1. The maximum absolute atomic E-state index is 5.86. The summed E-state index contributed by atoms with van der Waals surface area (Å²) in [5.74, 6) is 1.36. The fourth-order valence-electron chi connectivity index (χ4n) is 2.53. The molecule has 1 aliphatic heterocycles. The van der Waals surface area contributed by atoms with Gasteiger partial charge in [-0.1, -0.05) is 12.1 Å². The number of ether oxygens (including phenoxy) is 1. The van der Waals surface area contributed by atoms with Crippen molar-refractivity contribution in [2.75, 3.05) is 13.1 Å². The lowest BCUT2D eigenvalue weighted by Crippen LogP contribution is -2.38. The fourth-order valence-corrected chi connectivity index (χ4v) is 2.53. The van der Waals surface area contributed by atoms with Crippen LogP contribution in [-0.4, -0.2) is 44.2 Å². The van der Waals surface area contributed by atoms with Crippen LogP contribution < -0.4 is 4.74 Å². The SMILES string of the molecule is CCc1cnc(OC2CCN(Cc3noc(C)n3)CC2)nc1. The zero-order valence-electron chi connectivity index (χ0n) is 13.0. The standard InChI is InChI=1S/C15H21N5O2/c1-3-12-8-16-15(17-9-12)21-13-4-6-20(7-5-13)10-14-18-11(2)22-19-14/h8-9,13H,3-7,10H2,1-2H3. The predicted octanol–water partition coefficient (Wildman–Crippen LogP) is 1.77. The second-order valence-corrected chi connectivity index (χ2v) is 5.55. The van der Waals surface area contributed by atoms with Gasteiger partial charge in [-0.05, 0) is 24.8 Å². The Morgan fingerprint density at radius 3 is 2.59 bits per heavy atom. The Morgan fingerprint density at radius 1 is 1.27 bits per heavy atom. The highest BCUT2D eigenvalue weighted by atomic mass is 16.5. The summed E-state index contributed by atoms with van der Waals surface area (Å²) in [7, 11) is 0. The molecule has 2 aromatic rings. The molecule has 0 amide bonds. The smallest absolute Gasteiger partial charge is 0.316 e. The van der Waals surface area contributed by atoms with Gasteiger partial charge in [0.25, 0.3) is 0 Å². The minimum absolute atomic E-state index is 0.177. The van der Waals surface area contributed by atoms with Crippen LogP contribution in [0.4, 0.5) is 0 Å². The zero-order chi connectivity index (χ0) is 15.4. The highest BCUT2D eigenvalue weighted by molar-refractivity contribution is 5.07. The molecule has 22 heavy (non-hydrogen) atoms. The molecule has 1 aliphatic rings. The van der Waals surface area contributed by atoms with Crippen LogP contribution in [-0.2, 0) is 13.0 Å². The minimum Gasteiger partial charge on any atom is -0.460 e. The Balaban J connectivity index is 1.46. The Bertz CT molecular complexity index is 590. The third-order valence-corrected chi connectivity index (χ3v) is 3.83. The van der Waals surface area contributed by atoms with Gasteiger partial charge in [-0.25, -0.2) is 9.97 Å². The second kappa shape index (κ2) is 6.83. The predicted molar refractivity (Wildman–Crippen MR) is 79.4 cm³/mol. The van der Waals surface area contributed by atoms with Gasteiger partial charge in [0.2, 0.25) is 5.89 Å². The Labute approximate surface area is 129 Å². The van der Waals surface area contributed by atoms with Crippen LogP contribution in [0, 0.1) is 6.92 Å². The van der Waals surface area contributed by atoms with Crippen LogP contribution in [0.2, 0.25) is 0 Å². The van der Waals surface area contributed by atoms with Crippen molar-refractivity contribution in [2.45, 2.75) is 45.8 Å². The summed E-state index contributed by atoms with van der Waals surface area (Å²) < 4.78 is 10.9. The zero-order valence-corrected chi connectivity index (χ0v) is 13.0. The van der Waals surface area contributed by atoms with E-state index in [1.54, 1.807) is 6.92 Å². The molecule has 1 saturated heterocycles. The van der Waals surface area contributed by atoms with E-state index in [9.17, 15) is 0 Å². The van der Waals surface area contributed by atoms with Crippen molar-refractivity contribution in [1.29, 1.82) is 0 Å². The van der Waals surface area contributed by atoms with E-state index in [4.69, 9.17) is 9.26 Å². The van der Waals surface area contributed by atoms with Crippen molar-refractivity contribution in [2.24, 2.45) is 0 Å². The van der Waals surface area contributed by atoms with E-state index < -0.39 is 0 Å². The van der Waals surface area contributed by atoms with Crippen LogP contribution >= 0.6 is 0 Å². The summed E-state index contributed by atoms with van der Waals surface area (Å²) >= 11 is 0.